The molecule has 6 heteroatoms. The highest BCUT2D eigenvalue weighted by Gasteiger charge is 2.29. The number of fused-ring (bicyclic) bond motifs is 2. The van der Waals surface area contributed by atoms with Crippen LogP contribution in [0, 0.1) is 6.92 Å². The number of aliphatic hydroxyl groups excluding tert-OH is 1. The molecule has 1 N–H and O–H groups in total. The van der Waals surface area contributed by atoms with Crippen LogP contribution in [0.4, 0.5) is 10.5 Å². The predicted molar refractivity (Wildman–Crippen MR) is 110 cm³/mol. The number of nitrogens with zero attached hydrogens (tertiary/aromatic N) is 2. The molecule has 0 fully saturated rings. The largest absolute Gasteiger partial charge is 0.490 e. The summed E-state index contributed by atoms with van der Waals surface area (Å²) in [6.07, 6.45) is 1.75. The second-order valence-electron chi connectivity index (χ2n) is 8.81. The first-order valence-electron chi connectivity index (χ1n) is 10.4. The molecule has 156 valence electrons. The van der Waals surface area contributed by atoms with Gasteiger partial charge in [-0.25, -0.2) is 4.79 Å². The van der Waals surface area contributed by atoms with Gasteiger partial charge < -0.3 is 24.4 Å². The van der Waals surface area contributed by atoms with Crippen molar-refractivity contribution in [3.05, 3.63) is 22.8 Å². The fourth-order valence-corrected chi connectivity index (χ4v) is 4.02. The monoisotopic (exact) mass is 390 g/mol. The van der Waals surface area contributed by atoms with E-state index >= 15 is 0 Å². The van der Waals surface area contributed by atoms with Crippen molar-refractivity contribution >= 4 is 11.8 Å². The average Bonchev–Trinajstić information content (AvgIpc) is 2.83. The zero-order chi connectivity index (χ0) is 20.5. The van der Waals surface area contributed by atoms with Gasteiger partial charge in [-0.1, -0.05) is 6.92 Å². The van der Waals surface area contributed by atoms with E-state index in [-0.39, 0.29) is 12.2 Å². The van der Waals surface area contributed by atoms with Crippen molar-refractivity contribution in [3.8, 4) is 5.75 Å². The van der Waals surface area contributed by atoms with Crippen LogP contribution in [0.5, 0.6) is 5.75 Å². The number of aliphatic hydroxyl groups is 1. The minimum absolute atomic E-state index is 0.244. The zero-order valence-corrected chi connectivity index (χ0v) is 17.9. The third kappa shape index (κ3) is 4.54. The Bertz CT molecular complexity index is 726. The molecule has 2 aliphatic heterocycles. The van der Waals surface area contributed by atoms with Crippen molar-refractivity contribution in [1.82, 2.24) is 4.90 Å². The molecule has 0 bridgehead atoms. The molecule has 0 radical (unpaired) electrons. The molecule has 3 rings (SSSR count). The summed E-state index contributed by atoms with van der Waals surface area (Å²) in [7, 11) is 0. The number of β-amino-alcohol motifs (C(OH)–C–C–N with tert-alkyl or cyclic N) is 1. The van der Waals surface area contributed by atoms with Crippen molar-refractivity contribution in [2.45, 2.75) is 65.6 Å². The summed E-state index contributed by atoms with van der Waals surface area (Å²) in [4.78, 5) is 16.6. The van der Waals surface area contributed by atoms with Crippen LogP contribution in [-0.2, 0) is 17.6 Å². The van der Waals surface area contributed by atoms with Gasteiger partial charge >= 0.3 is 6.09 Å². The lowest BCUT2D eigenvalue weighted by atomic mass is 9.94. The van der Waals surface area contributed by atoms with E-state index in [0.29, 0.717) is 26.2 Å². The van der Waals surface area contributed by atoms with Gasteiger partial charge in [0, 0.05) is 19.6 Å². The second-order valence-corrected chi connectivity index (χ2v) is 8.81. The Morgan fingerprint density at radius 1 is 1.29 bits per heavy atom. The number of carbonyl (C=O) groups excluding carboxylic acids is 1. The molecule has 28 heavy (non-hydrogen) atoms. The zero-order valence-electron chi connectivity index (χ0n) is 17.9. The molecule has 0 aliphatic carbocycles. The maximum atomic E-state index is 12.5. The number of carbonyl (C=O) groups is 1. The summed E-state index contributed by atoms with van der Waals surface area (Å²) in [5.74, 6) is 0.900. The fourth-order valence-electron chi connectivity index (χ4n) is 4.02. The Morgan fingerprint density at radius 3 is 2.68 bits per heavy atom. The number of amides is 1. The molecule has 0 unspecified atom stereocenters. The van der Waals surface area contributed by atoms with Crippen LogP contribution in [0.15, 0.2) is 6.07 Å². The van der Waals surface area contributed by atoms with Gasteiger partial charge in [0.1, 0.15) is 18.0 Å². The van der Waals surface area contributed by atoms with Crippen molar-refractivity contribution in [3.63, 3.8) is 0 Å². The van der Waals surface area contributed by atoms with Crippen LogP contribution in [0.25, 0.3) is 0 Å². The minimum atomic E-state index is -0.486. The summed E-state index contributed by atoms with van der Waals surface area (Å²) in [6.45, 7) is 13.2. The lowest BCUT2D eigenvalue weighted by Crippen LogP contribution is -2.39. The molecule has 2 heterocycles. The van der Waals surface area contributed by atoms with E-state index in [0.717, 1.165) is 37.2 Å². The van der Waals surface area contributed by atoms with Crippen molar-refractivity contribution in [2.24, 2.45) is 0 Å². The molecular weight excluding hydrogens is 356 g/mol. The van der Waals surface area contributed by atoms with Gasteiger partial charge in [-0.3, -0.25) is 0 Å². The fraction of sp³-hybridized carbons (Fsp3) is 0.682. The molecule has 2 aliphatic rings. The summed E-state index contributed by atoms with van der Waals surface area (Å²) >= 11 is 0. The van der Waals surface area contributed by atoms with E-state index < -0.39 is 5.60 Å². The first-order chi connectivity index (χ1) is 13.2. The molecule has 0 spiro atoms. The normalized spacial score (nSPS) is 17.9. The van der Waals surface area contributed by atoms with E-state index in [9.17, 15) is 9.90 Å². The number of rotatable bonds is 3. The minimum Gasteiger partial charge on any atom is -0.490 e. The molecule has 6 nitrogen and oxygen atoms in total. The Labute approximate surface area is 168 Å². The van der Waals surface area contributed by atoms with Crippen molar-refractivity contribution in [2.75, 3.05) is 37.7 Å². The molecule has 1 aromatic carbocycles. The van der Waals surface area contributed by atoms with Gasteiger partial charge in [0.2, 0.25) is 0 Å². The molecule has 1 aromatic rings. The number of hydrogen-bond donors (Lipinski definition) is 1. The van der Waals surface area contributed by atoms with Gasteiger partial charge in [-0.2, -0.15) is 0 Å². The SMILES string of the molecule is CC[C@H](O)CN1CCOc2cc3c(c(C)c21)CCN(C(=O)OC(C)(C)C)CC3. The second kappa shape index (κ2) is 8.19. The maximum Gasteiger partial charge on any atom is 0.410 e. The van der Waals surface area contributed by atoms with Crippen LogP contribution < -0.4 is 9.64 Å². The Balaban J connectivity index is 1.84. The van der Waals surface area contributed by atoms with Crippen LogP contribution in [0.2, 0.25) is 0 Å². The molecule has 1 atom stereocenters. The van der Waals surface area contributed by atoms with Gasteiger partial charge in [0.05, 0.1) is 18.3 Å². The lowest BCUT2D eigenvalue weighted by molar-refractivity contribution is 0.0258. The Kier molecular flexibility index (Phi) is 6.08. The van der Waals surface area contributed by atoms with Crippen LogP contribution in [0.1, 0.15) is 50.8 Å². The summed E-state index contributed by atoms with van der Waals surface area (Å²) in [5.41, 5.74) is 4.37. The standard InChI is InChI=1S/C22H34N2O4/c1-6-17(25)14-24-11-12-27-19-13-16-7-9-23(21(26)28-22(3,4)5)10-8-18(16)15(2)20(19)24/h13,17,25H,6-12,14H2,1-5H3/t17-/m0/s1. The van der Waals surface area contributed by atoms with Gasteiger partial charge in [-0.05, 0) is 69.7 Å². The highest BCUT2D eigenvalue weighted by molar-refractivity contribution is 5.71. The quantitative estimate of drug-likeness (QED) is 0.858. The van der Waals surface area contributed by atoms with E-state index in [1.807, 2.05) is 32.6 Å². The van der Waals surface area contributed by atoms with Gasteiger partial charge in [0.25, 0.3) is 0 Å². The highest BCUT2D eigenvalue weighted by Crippen LogP contribution is 2.40. The summed E-state index contributed by atoms with van der Waals surface area (Å²) in [6, 6.07) is 2.14. The number of benzene rings is 1. The Morgan fingerprint density at radius 2 is 2.00 bits per heavy atom. The Hall–Kier alpha value is -1.95. The first kappa shape index (κ1) is 20.8. The summed E-state index contributed by atoms with van der Waals surface area (Å²) < 4.78 is 11.5. The molecule has 0 saturated carbocycles. The van der Waals surface area contributed by atoms with E-state index in [2.05, 4.69) is 17.9 Å². The van der Waals surface area contributed by atoms with Gasteiger partial charge in [0.15, 0.2) is 0 Å². The number of anilines is 1. The highest BCUT2D eigenvalue weighted by atomic mass is 16.6. The molecule has 1 amide bonds. The average molecular weight is 391 g/mol. The van der Waals surface area contributed by atoms with Crippen LogP contribution >= 0.6 is 0 Å². The van der Waals surface area contributed by atoms with Crippen LogP contribution in [0.3, 0.4) is 0 Å². The third-order valence-corrected chi connectivity index (χ3v) is 5.51. The molecule has 0 saturated heterocycles. The predicted octanol–water partition coefficient (Wildman–Crippen LogP) is 3.30. The van der Waals surface area contributed by atoms with E-state index in [1.54, 1.807) is 0 Å². The number of hydrogen-bond acceptors (Lipinski definition) is 5. The lowest BCUT2D eigenvalue weighted by Gasteiger charge is -2.35. The van der Waals surface area contributed by atoms with Crippen LogP contribution in [-0.4, -0.2) is 60.6 Å². The maximum absolute atomic E-state index is 12.5. The van der Waals surface area contributed by atoms with Crippen molar-refractivity contribution in [1.29, 1.82) is 0 Å². The van der Waals surface area contributed by atoms with E-state index in [4.69, 9.17) is 9.47 Å². The smallest absolute Gasteiger partial charge is 0.410 e. The number of ether oxygens (including phenoxy) is 2. The molecular formula is C22H34N2O4. The third-order valence-electron chi connectivity index (χ3n) is 5.51. The van der Waals surface area contributed by atoms with E-state index in [1.165, 1.54) is 16.7 Å². The molecule has 0 aromatic heterocycles. The summed E-state index contributed by atoms with van der Waals surface area (Å²) in [5, 5.41) is 10.2. The van der Waals surface area contributed by atoms with Gasteiger partial charge in [-0.15, -0.1) is 0 Å². The topological polar surface area (TPSA) is 62.2 Å². The van der Waals surface area contributed by atoms with Crippen molar-refractivity contribution < 1.29 is 19.4 Å². The first-order valence-corrected chi connectivity index (χ1v) is 10.4.